The number of aliphatic hydroxyl groups is 2. The van der Waals surface area contributed by atoms with Crippen LogP contribution >= 0.6 is 7.82 Å². The number of carbonyl (C=O) groups is 3. The molecule has 2 aromatic carbocycles. The lowest BCUT2D eigenvalue weighted by Crippen LogP contribution is -3.00. The van der Waals surface area contributed by atoms with Gasteiger partial charge < -0.3 is 51.4 Å². The van der Waals surface area contributed by atoms with Gasteiger partial charge >= 0.3 is 13.8 Å². The molecule has 73 heavy (non-hydrogen) atoms. The summed E-state index contributed by atoms with van der Waals surface area (Å²) in [6, 6.07) is 15.2. The average Bonchev–Trinajstić information content (AvgIpc) is 3.85. The number of halogens is 1. The smallest absolute Gasteiger partial charge is 0.524 e. The van der Waals surface area contributed by atoms with E-state index < -0.39 is 72.3 Å². The second-order valence-corrected chi connectivity index (χ2v) is 25.3. The molecule has 0 bridgehead atoms. The average molecular weight is 1070 g/mol. The SMILES string of the molecule is C[S+](CC(=O)OCC(=O)[C@@]12O[C@H](C3CCCCC3)O[C@@H]1C[C@H]1[C@@H]3CCC4=CC(=O)C=C[C@]4(C)[C@H]3[C@@H](O)C[C@@]12C)Cc1cc(C(O)CNCCCCCCOCCCCc2ccccc2)ccc1OP(=O)(O)O.[Cl-]. The normalized spacial score (nSPS) is 30.5. The molecular formula is C56H79ClNO13PS. The van der Waals surface area contributed by atoms with Crippen LogP contribution in [0.25, 0.3) is 0 Å². The molecule has 11 atom stereocenters. The van der Waals surface area contributed by atoms with Gasteiger partial charge in [-0.05, 0) is 124 Å². The van der Waals surface area contributed by atoms with Crippen LogP contribution in [0.15, 0.2) is 72.3 Å². The van der Waals surface area contributed by atoms with Gasteiger partial charge in [0, 0.05) is 58.9 Å². The number of aliphatic hydroxyl groups excluding tert-OH is 2. The van der Waals surface area contributed by atoms with Crippen molar-refractivity contribution in [3.8, 4) is 5.75 Å². The van der Waals surface area contributed by atoms with Crippen LogP contribution in [-0.4, -0.2) is 107 Å². The fraction of sp³-hybridized carbons (Fsp3) is 0.661. The predicted octanol–water partition coefficient (Wildman–Crippen LogP) is 5.19. The first kappa shape index (κ1) is 57.8. The van der Waals surface area contributed by atoms with Crippen LogP contribution in [-0.2, 0) is 61.0 Å². The van der Waals surface area contributed by atoms with E-state index in [1.165, 1.54) is 11.6 Å². The van der Waals surface area contributed by atoms with Crippen molar-refractivity contribution >= 4 is 36.3 Å². The number of ketones is 2. The Bertz CT molecular complexity index is 2310. The summed E-state index contributed by atoms with van der Waals surface area (Å²) in [5.41, 5.74) is 0.638. The van der Waals surface area contributed by atoms with E-state index in [0.29, 0.717) is 24.0 Å². The van der Waals surface area contributed by atoms with Crippen LogP contribution in [0.1, 0.15) is 133 Å². The molecule has 1 heterocycles. The molecule has 5 fully saturated rings. The van der Waals surface area contributed by atoms with Gasteiger partial charge in [0.05, 0.1) is 24.6 Å². The lowest BCUT2D eigenvalue weighted by molar-refractivity contribution is -0.210. The molecule has 6 aliphatic rings. The number of allylic oxidation sites excluding steroid dienone is 4. The third-order valence-corrected chi connectivity index (χ3v) is 19.1. The largest absolute Gasteiger partial charge is 1.00 e. The molecule has 0 aromatic heterocycles. The maximum atomic E-state index is 15.0. The van der Waals surface area contributed by atoms with Crippen LogP contribution in [0.5, 0.6) is 5.75 Å². The van der Waals surface area contributed by atoms with Gasteiger partial charge in [0.2, 0.25) is 11.5 Å². The summed E-state index contributed by atoms with van der Waals surface area (Å²) < 4.78 is 42.6. The minimum Gasteiger partial charge on any atom is -1.00 e. The number of aryl methyl sites for hydroxylation is 1. The van der Waals surface area contributed by atoms with Gasteiger partial charge in [-0.3, -0.25) is 19.4 Å². The van der Waals surface area contributed by atoms with Gasteiger partial charge in [0.1, 0.15) is 11.5 Å². The van der Waals surface area contributed by atoms with E-state index in [1.54, 1.807) is 24.3 Å². The molecule has 5 N–H and O–H groups in total. The molecule has 14 nitrogen and oxygen atoms in total. The number of ether oxygens (including phenoxy) is 4. The van der Waals surface area contributed by atoms with Gasteiger partial charge in [-0.2, -0.15) is 0 Å². The maximum Gasteiger partial charge on any atom is 0.524 e. The minimum atomic E-state index is -4.94. The predicted molar refractivity (Wildman–Crippen MR) is 276 cm³/mol. The fourth-order valence-electron chi connectivity index (χ4n) is 13.6. The van der Waals surface area contributed by atoms with Gasteiger partial charge in [0.25, 0.3) is 0 Å². The standard InChI is InChI=1S/C56H78NO13PS.ClH/c1-54-26-25-43(58)31-42(54)22-23-44-45-32-50-56(55(45,2)33-46(59)52(44)54,69-53(68-50)39-19-10-7-11-20-39)49(61)35-67-51(62)37-72(3)36-41-30-40(21-24-48(41)70-71(63,64)65)47(60)34-57-27-13-4-5-14-28-66-29-15-12-18-38-16-8-6-9-17-38;/h6,8-9,16-17,21,24-26,30-31,39,44-47,50,52-53,57,59-60H,4-5,7,10-15,18-20,22-23,27-29,32-37H2,1-3H3,(H-,63,64,65);1H/t44-,45-,46-,47?,50+,52+,53+,54-,55-,56+,72?;/m0./s1. The number of unbranched alkanes of at least 4 members (excludes halogenated alkanes) is 4. The number of carbonyl (C=O) groups excluding carboxylic acids is 3. The number of benzene rings is 2. The summed E-state index contributed by atoms with van der Waals surface area (Å²) in [6.07, 6.45) is 19.1. The topological polar surface area (TPSA) is 207 Å². The van der Waals surface area contributed by atoms with E-state index in [1.807, 2.05) is 18.4 Å². The number of Topliss-reactive ketones (excluding diaryl/α,β-unsaturated/α-hetero) is 1. The van der Waals surface area contributed by atoms with Crippen molar-refractivity contribution in [1.29, 1.82) is 0 Å². The Morgan fingerprint density at radius 1 is 0.973 bits per heavy atom. The third-order valence-electron chi connectivity index (χ3n) is 17.1. The summed E-state index contributed by atoms with van der Waals surface area (Å²) in [4.78, 5) is 60.5. The zero-order valence-electron chi connectivity index (χ0n) is 42.9. The van der Waals surface area contributed by atoms with Crippen molar-refractivity contribution in [1.82, 2.24) is 5.32 Å². The molecule has 4 saturated carbocycles. The zero-order valence-corrected chi connectivity index (χ0v) is 45.4. The first-order valence-corrected chi connectivity index (χ1v) is 30.1. The number of rotatable bonds is 25. The van der Waals surface area contributed by atoms with Gasteiger partial charge in [-0.15, -0.1) is 0 Å². The highest BCUT2D eigenvalue weighted by atomic mass is 35.5. The highest BCUT2D eigenvalue weighted by Crippen LogP contribution is 2.70. The summed E-state index contributed by atoms with van der Waals surface area (Å²) in [7, 11) is -5.68. The zero-order chi connectivity index (χ0) is 51.1. The van der Waals surface area contributed by atoms with Gasteiger partial charge in [0.15, 0.2) is 24.3 Å². The summed E-state index contributed by atoms with van der Waals surface area (Å²) >= 11 is 0. The quantitative estimate of drug-likeness (QED) is 0.0376. The summed E-state index contributed by atoms with van der Waals surface area (Å²) in [5, 5.41) is 26.7. The van der Waals surface area contributed by atoms with Crippen molar-refractivity contribution < 1.29 is 74.8 Å². The molecule has 0 amide bonds. The number of fused-ring (bicyclic) bond motifs is 7. The third kappa shape index (κ3) is 13.4. The molecule has 0 radical (unpaired) electrons. The molecule has 5 aliphatic carbocycles. The van der Waals surface area contributed by atoms with E-state index >= 15 is 0 Å². The minimum absolute atomic E-state index is 0. The first-order valence-electron chi connectivity index (χ1n) is 26.6. The maximum absolute atomic E-state index is 15.0. The van der Waals surface area contributed by atoms with Crippen LogP contribution in [0, 0.1) is 34.5 Å². The lowest BCUT2D eigenvalue weighted by Gasteiger charge is -2.59. The van der Waals surface area contributed by atoms with Crippen LogP contribution < -0.4 is 22.2 Å². The van der Waals surface area contributed by atoms with Crippen LogP contribution in [0.2, 0.25) is 0 Å². The molecule has 2 unspecified atom stereocenters. The lowest BCUT2D eigenvalue weighted by atomic mass is 9.46. The number of phosphoric acid groups is 1. The summed E-state index contributed by atoms with van der Waals surface area (Å²) in [5.74, 6) is -0.910. The van der Waals surface area contributed by atoms with Crippen molar-refractivity contribution in [2.45, 2.75) is 153 Å². The highest BCUT2D eigenvalue weighted by Gasteiger charge is 2.76. The Morgan fingerprint density at radius 3 is 2.47 bits per heavy atom. The van der Waals surface area contributed by atoms with E-state index in [4.69, 9.17) is 23.5 Å². The van der Waals surface area contributed by atoms with Crippen molar-refractivity contribution in [3.63, 3.8) is 0 Å². The Balaban J connectivity index is 0.00000780. The van der Waals surface area contributed by atoms with Crippen LogP contribution in [0.3, 0.4) is 0 Å². The fourth-order valence-corrected chi connectivity index (χ4v) is 15.4. The van der Waals surface area contributed by atoms with E-state index in [0.717, 1.165) is 115 Å². The molecule has 2 aromatic rings. The number of hydrogen-bond donors (Lipinski definition) is 5. The summed E-state index contributed by atoms with van der Waals surface area (Å²) in [6.45, 7) is 6.19. The molecule has 8 rings (SSSR count). The Kier molecular flexibility index (Phi) is 20.2. The Morgan fingerprint density at radius 2 is 1.71 bits per heavy atom. The monoisotopic (exact) mass is 1070 g/mol. The highest BCUT2D eigenvalue weighted by molar-refractivity contribution is 7.96. The van der Waals surface area contributed by atoms with Crippen molar-refractivity contribution in [2.75, 3.05) is 44.9 Å². The van der Waals surface area contributed by atoms with Crippen LogP contribution in [0.4, 0.5) is 0 Å². The van der Waals surface area contributed by atoms with Crippen molar-refractivity contribution in [3.05, 3.63) is 89.0 Å². The van der Waals surface area contributed by atoms with Gasteiger partial charge in [-0.1, -0.05) is 94.0 Å². The molecule has 17 heteroatoms. The Labute approximate surface area is 441 Å². The van der Waals surface area contributed by atoms with E-state index in [-0.39, 0.29) is 71.4 Å². The molecule has 1 aliphatic heterocycles. The molecule has 0 spiro atoms. The molecule has 404 valence electrons. The molecular weight excluding hydrogens is 993 g/mol. The Hall–Kier alpha value is -2.92. The second kappa shape index (κ2) is 25.5. The van der Waals surface area contributed by atoms with E-state index in [9.17, 15) is 38.9 Å². The van der Waals surface area contributed by atoms with E-state index in [2.05, 4.69) is 43.4 Å². The number of esters is 1. The number of nitrogens with one attached hydrogen (secondary N) is 1. The number of phosphoric ester groups is 1. The van der Waals surface area contributed by atoms with Crippen molar-refractivity contribution in [2.24, 2.45) is 34.5 Å². The van der Waals surface area contributed by atoms with Gasteiger partial charge in [-0.25, -0.2) is 9.36 Å². The number of hydrogen-bond acceptors (Lipinski definition) is 12. The first-order chi connectivity index (χ1) is 34.5. The second-order valence-electron chi connectivity index (χ2n) is 22.0. The molecule has 1 saturated heterocycles.